The van der Waals surface area contributed by atoms with Gasteiger partial charge in [0, 0.05) is 13.0 Å². The topological polar surface area (TPSA) is 63.6 Å². The number of fused-ring (bicyclic) bond motifs is 1. The molecule has 0 saturated carbocycles. The number of H-pyrrole nitrogens is 1. The Kier molecular flexibility index (Phi) is 3.34. The highest BCUT2D eigenvalue weighted by molar-refractivity contribution is 5.69. The van der Waals surface area contributed by atoms with Gasteiger partial charge in [0.1, 0.15) is 5.82 Å². The van der Waals surface area contributed by atoms with Crippen LogP contribution in [0.5, 0.6) is 0 Å². The summed E-state index contributed by atoms with van der Waals surface area (Å²) in [7, 11) is 0. The van der Waals surface area contributed by atoms with Crippen molar-refractivity contribution < 1.29 is 13.2 Å². The van der Waals surface area contributed by atoms with Gasteiger partial charge in [-0.25, -0.2) is 9.97 Å². The SMILES string of the molecule is CCn1cnc2c(=O)[nH]c(CC(C)C(F)(F)F)nc21. The van der Waals surface area contributed by atoms with Gasteiger partial charge < -0.3 is 9.55 Å². The van der Waals surface area contributed by atoms with Gasteiger partial charge in [-0.3, -0.25) is 4.79 Å². The third kappa shape index (κ3) is 2.61. The minimum Gasteiger partial charge on any atom is -0.315 e. The summed E-state index contributed by atoms with van der Waals surface area (Å²) in [5.74, 6) is -1.54. The minimum atomic E-state index is -4.31. The molecular formula is C11H13F3N4O. The summed E-state index contributed by atoms with van der Waals surface area (Å²) in [5, 5.41) is 0. The Morgan fingerprint density at radius 3 is 2.74 bits per heavy atom. The number of alkyl halides is 3. The average Bonchev–Trinajstić information content (AvgIpc) is 2.71. The number of hydrogen-bond acceptors (Lipinski definition) is 3. The van der Waals surface area contributed by atoms with E-state index in [4.69, 9.17) is 0 Å². The van der Waals surface area contributed by atoms with E-state index in [9.17, 15) is 18.0 Å². The first kappa shape index (κ1) is 13.6. The molecule has 0 spiro atoms. The first-order valence-corrected chi connectivity index (χ1v) is 5.83. The van der Waals surface area contributed by atoms with Crippen LogP contribution in [-0.2, 0) is 13.0 Å². The average molecular weight is 274 g/mol. The highest BCUT2D eigenvalue weighted by atomic mass is 19.4. The Morgan fingerprint density at radius 1 is 1.47 bits per heavy atom. The van der Waals surface area contributed by atoms with Crippen LogP contribution in [-0.4, -0.2) is 25.7 Å². The maximum Gasteiger partial charge on any atom is 0.391 e. The van der Waals surface area contributed by atoms with Crippen LogP contribution in [0.15, 0.2) is 11.1 Å². The standard InChI is InChI=1S/C11H13F3N4O/c1-3-18-5-15-8-9(18)16-7(17-10(8)19)4-6(2)11(12,13)14/h5-6H,3-4H2,1-2H3,(H,16,17,19). The number of aromatic nitrogens is 4. The molecule has 2 heterocycles. The Labute approximate surface area is 106 Å². The van der Waals surface area contributed by atoms with Gasteiger partial charge in [-0.1, -0.05) is 6.92 Å². The second-order valence-corrected chi connectivity index (χ2v) is 4.36. The molecule has 0 aliphatic heterocycles. The zero-order valence-corrected chi connectivity index (χ0v) is 10.5. The Bertz CT molecular complexity index is 643. The second-order valence-electron chi connectivity index (χ2n) is 4.36. The number of nitrogens with one attached hydrogen (secondary N) is 1. The molecule has 19 heavy (non-hydrogen) atoms. The number of imidazole rings is 1. The Morgan fingerprint density at radius 2 is 2.16 bits per heavy atom. The normalized spacial score (nSPS) is 13.9. The Hall–Kier alpha value is -1.86. The lowest BCUT2D eigenvalue weighted by atomic mass is 10.1. The van der Waals surface area contributed by atoms with Crippen molar-refractivity contribution in [2.45, 2.75) is 33.0 Å². The summed E-state index contributed by atoms with van der Waals surface area (Å²) in [5.41, 5.74) is -0.0533. The van der Waals surface area contributed by atoms with Crippen LogP contribution in [0.25, 0.3) is 11.2 Å². The van der Waals surface area contributed by atoms with E-state index in [-0.39, 0.29) is 17.8 Å². The van der Waals surface area contributed by atoms with E-state index >= 15 is 0 Å². The molecule has 0 bridgehead atoms. The maximum absolute atomic E-state index is 12.5. The van der Waals surface area contributed by atoms with Gasteiger partial charge in [-0.15, -0.1) is 0 Å². The predicted octanol–water partition coefficient (Wildman–Crippen LogP) is 1.88. The third-order valence-electron chi connectivity index (χ3n) is 2.92. The number of rotatable bonds is 3. The summed E-state index contributed by atoms with van der Waals surface area (Å²) in [6.45, 7) is 3.44. The molecular weight excluding hydrogens is 261 g/mol. The van der Waals surface area contributed by atoms with E-state index in [0.717, 1.165) is 6.92 Å². The quantitative estimate of drug-likeness (QED) is 0.929. The van der Waals surface area contributed by atoms with Crippen molar-refractivity contribution in [3.63, 3.8) is 0 Å². The maximum atomic E-state index is 12.5. The fourth-order valence-electron chi connectivity index (χ4n) is 1.73. The lowest BCUT2D eigenvalue weighted by Crippen LogP contribution is -2.24. The molecule has 1 N–H and O–H groups in total. The molecule has 1 atom stereocenters. The lowest BCUT2D eigenvalue weighted by Gasteiger charge is -2.14. The summed E-state index contributed by atoms with van der Waals surface area (Å²) >= 11 is 0. The van der Waals surface area contributed by atoms with Crippen LogP contribution in [0.3, 0.4) is 0 Å². The van der Waals surface area contributed by atoms with E-state index in [0.29, 0.717) is 12.2 Å². The molecule has 0 saturated heterocycles. The summed E-state index contributed by atoms with van der Waals surface area (Å²) < 4.78 is 39.1. The first-order valence-electron chi connectivity index (χ1n) is 5.83. The van der Waals surface area contributed by atoms with Crippen LogP contribution < -0.4 is 5.56 Å². The van der Waals surface area contributed by atoms with Crippen molar-refractivity contribution in [3.05, 3.63) is 22.5 Å². The zero-order valence-electron chi connectivity index (χ0n) is 10.5. The lowest BCUT2D eigenvalue weighted by molar-refractivity contribution is -0.169. The molecule has 0 aliphatic rings. The van der Waals surface area contributed by atoms with Crippen molar-refractivity contribution in [1.29, 1.82) is 0 Å². The van der Waals surface area contributed by atoms with E-state index in [2.05, 4.69) is 15.0 Å². The molecule has 0 radical (unpaired) electrons. The first-order chi connectivity index (χ1) is 8.82. The van der Waals surface area contributed by atoms with E-state index in [1.807, 2.05) is 6.92 Å². The van der Waals surface area contributed by atoms with Crippen molar-refractivity contribution in [3.8, 4) is 0 Å². The van der Waals surface area contributed by atoms with Gasteiger partial charge in [-0.05, 0) is 6.92 Å². The van der Waals surface area contributed by atoms with Gasteiger partial charge >= 0.3 is 6.18 Å². The van der Waals surface area contributed by atoms with Crippen molar-refractivity contribution in [2.24, 2.45) is 5.92 Å². The van der Waals surface area contributed by atoms with Crippen LogP contribution in [0, 0.1) is 5.92 Å². The number of halogens is 3. The van der Waals surface area contributed by atoms with E-state index < -0.39 is 17.7 Å². The zero-order chi connectivity index (χ0) is 14.2. The van der Waals surface area contributed by atoms with Crippen molar-refractivity contribution in [2.75, 3.05) is 0 Å². The Balaban J connectivity index is 2.42. The second kappa shape index (κ2) is 4.67. The fourth-order valence-corrected chi connectivity index (χ4v) is 1.73. The number of aromatic amines is 1. The molecule has 2 aromatic rings. The molecule has 8 heteroatoms. The van der Waals surface area contributed by atoms with E-state index in [1.54, 1.807) is 4.57 Å². The molecule has 0 amide bonds. The summed E-state index contributed by atoms with van der Waals surface area (Å²) in [6.07, 6.45) is -3.22. The number of nitrogens with zero attached hydrogens (tertiary/aromatic N) is 3. The summed E-state index contributed by atoms with van der Waals surface area (Å²) in [6, 6.07) is 0. The molecule has 0 fully saturated rings. The van der Waals surface area contributed by atoms with Crippen LogP contribution in [0.2, 0.25) is 0 Å². The highest BCUT2D eigenvalue weighted by Gasteiger charge is 2.36. The molecule has 1 unspecified atom stereocenters. The van der Waals surface area contributed by atoms with Crippen molar-refractivity contribution >= 4 is 11.2 Å². The molecule has 2 aromatic heterocycles. The minimum absolute atomic E-state index is 0.0255. The van der Waals surface area contributed by atoms with Gasteiger partial charge in [0.2, 0.25) is 0 Å². The smallest absolute Gasteiger partial charge is 0.315 e. The molecule has 2 rings (SSSR count). The molecule has 0 aromatic carbocycles. The fraction of sp³-hybridized carbons (Fsp3) is 0.545. The number of aryl methyl sites for hydroxylation is 1. The third-order valence-corrected chi connectivity index (χ3v) is 2.92. The largest absolute Gasteiger partial charge is 0.391 e. The van der Waals surface area contributed by atoms with Gasteiger partial charge in [0.15, 0.2) is 11.2 Å². The number of hydrogen-bond donors (Lipinski definition) is 1. The van der Waals surface area contributed by atoms with Crippen LogP contribution in [0.4, 0.5) is 13.2 Å². The van der Waals surface area contributed by atoms with Crippen LogP contribution in [0.1, 0.15) is 19.7 Å². The van der Waals surface area contributed by atoms with E-state index in [1.165, 1.54) is 6.33 Å². The molecule has 104 valence electrons. The molecule has 0 aliphatic carbocycles. The van der Waals surface area contributed by atoms with Gasteiger partial charge in [0.05, 0.1) is 12.2 Å². The summed E-state index contributed by atoms with van der Waals surface area (Å²) in [4.78, 5) is 22.0. The van der Waals surface area contributed by atoms with Gasteiger partial charge in [0.25, 0.3) is 5.56 Å². The highest BCUT2D eigenvalue weighted by Crippen LogP contribution is 2.27. The predicted molar refractivity (Wildman–Crippen MR) is 62.7 cm³/mol. The molecule has 5 nitrogen and oxygen atoms in total. The monoisotopic (exact) mass is 274 g/mol. The van der Waals surface area contributed by atoms with Crippen molar-refractivity contribution in [1.82, 2.24) is 19.5 Å². The van der Waals surface area contributed by atoms with Crippen LogP contribution >= 0.6 is 0 Å². The van der Waals surface area contributed by atoms with Gasteiger partial charge in [-0.2, -0.15) is 13.2 Å².